The van der Waals surface area contributed by atoms with Gasteiger partial charge in [0.2, 0.25) is 5.78 Å². The van der Waals surface area contributed by atoms with Gasteiger partial charge in [-0.05, 0) is 6.92 Å². The second-order valence-electron chi connectivity index (χ2n) is 4.29. The maximum atomic E-state index is 12.2. The molecule has 4 heteroatoms. The minimum absolute atomic E-state index is 0.00661. The maximum absolute atomic E-state index is 12.2. The Bertz CT molecular complexity index is 658. The van der Waals surface area contributed by atoms with Crippen LogP contribution in [0.4, 0.5) is 0 Å². The Hall–Kier alpha value is -2.75. The van der Waals surface area contributed by atoms with E-state index in [9.17, 15) is 9.59 Å². The zero-order valence-electron chi connectivity index (χ0n) is 10.9. The van der Waals surface area contributed by atoms with Crippen LogP contribution in [0.5, 0.6) is 0 Å². The number of ketones is 2. The van der Waals surface area contributed by atoms with Gasteiger partial charge in [-0.1, -0.05) is 59.8 Å². The van der Waals surface area contributed by atoms with E-state index in [1.165, 1.54) is 6.92 Å². The summed E-state index contributed by atoms with van der Waals surface area (Å²) in [6.45, 7) is 1.42. The van der Waals surface area contributed by atoms with E-state index in [2.05, 4.69) is 5.16 Å². The van der Waals surface area contributed by atoms with Crippen molar-refractivity contribution in [3.05, 3.63) is 71.3 Å². The van der Waals surface area contributed by atoms with Gasteiger partial charge in [0.15, 0.2) is 5.78 Å². The fourth-order valence-electron chi connectivity index (χ4n) is 1.78. The third kappa shape index (κ3) is 2.80. The van der Waals surface area contributed by atoms with Crippen molar-refractivity contribution >= 4 is 17.3 Å². The molecule has 0 fully saturated rings. The van der Waals surface area contributed by atoms with Gasteiger partial charge in [-0.2, -0.15) is 0 Å². The zero-order chi connectivity index (χ0) is 14.5. The van der Waals surface area contributed by atoms with E-state index in [1.807, 2.05) is 6.07 Å². The average molecular weight is 267 g/mol. The van der Waals surface area contributed by atoms with E-state index in [-0.39, 0.29) is 17.3 Å². The summed E-state index contributed by atoms with van der Waals surface area (Å²) in [5, 5.41) is 11.4. The van der Waals surface area contributed by atoms with Crippen LogP contribution in [0, 0.1) is 0 Å². The predicted octanol–water partition coefficient (Wildman–Crippen LogP) is 2.95. The molecule has 4 nitrogen and oxygen atoms in total. The number of nitrogens with zero attached hydrogens (tertiary/aromatic N) is 1. The summed E-state index contributed by atoms with van der Waals surface area (Å²) >= 11 is 0. The molecule has 2 aromatic rings. The lowest BCUT2D eigenvalue weighted by atomic mass is 10.00. The van der Waals surface area contributed by atoms with Gasteiger partial charge in [-0.25, -0.2) is 0 Å². The van der Waals surface area contributed by atoms with Crippen molar-refractivity contribution in [2.45, 2.75) is 6.92 Å². The van der Waals surface area contributed by atoms with Crippen molar-refractivity contribution in [2.24, 2.45) is 5.16 Å². The van der Waals surface area contributed by atoms with Gasteiger partial charge < -0.3 is 5.21 Å². The summed E-state index contributed by atoms with van der Waals surface area (Å²) in [6.07, 6.45) is 0. The molecule has 0 saturated carbocycles. The molecule has 100 valence electrons. The molecule has 0 atom stereocenters. The van der Waals surface area contributed by atoms with Crippen molar-refractivity contribution in [1.82, 2.24) is 0 Å². The third-order valence-electron chi connectivity index (χ3n) is 2.92. The quantitative estimate of drug-likeness (QED) is 0.401. The lowest BCUT2D eigenvalue weighted by Crippen LogP contribution is -2.11. The molecule has 0 saturated heterocycles. The van der Waals surface area contributed by atoms with Crippen molar-refractivity contribution < 1.29 is 14.8 Å². The van der Waals surface area contributed by atoms with Gasteiger partial charge in [0.05, 0.1) is 0 Å². The number of rotatable bonds is 4. The summed E-state index contributed by atoms with van der Waals surface area (Å²) in [6, 6.07) is 15.2. The van der Waals surface area contributed by atoms with E-state index in [0.29, 0.717) is 16.7 Å². The number of hydrogen-bond donors (Lipinski definition) is 1. The predicted molar refractivity (Wildman–Crippen MR) is 75.5 cm³/mol. The average Bonchev–Trinajstić information content (AvgIpc) is 2.53. The first-order valence-corrected chi connectivity index (χ1v) is 6.06. The molecule has 0 heterocycles. The van der Waals surface area contributed by atoms with Crippen molar-refractivity contribution in [3.8, 4) is 0 Å². The molecular weight excluding hydrogens is 254 g/mol. The minimum Gasteiger partial charge on any atom is -0.411 e. The number of carbonyl (C=O) groups excluding carboxylic acids is 2. The van der Waals surface area contributed by atoms with Crippen LogP contribution in [0.15, 0.2) is 59.8 Å². The topological polar surface area (TPSA) is 66.7 Å². The van der Waals surface area contributed by atoms with Gasteiger partial charge >= 0.3 is 0 Å². The second kappa shape index (κ2) is 5.93. The van der Waals surface area contributed by atoms with Crippen molar-refractivity contribution in [3.63, 3.8) is 0 Å². The van der Waals surface area contributed by atoms with Gasteiger partial charge in [0, 0.05) is 16.7 Å². The summed E-state index contributed by atoms with van der Waals surface area (Å²) in [5.41, 5.74) is 1.49. The Morgan fingerprint density at radius 1 is 0.850 bits per heavy atom. The first-order valence-electron chi connectivity index (χ1n) is 6.06. The number of carbonyl (C=O) groups is 2. The first-order chi connectivity index (χ1) is 9.63. The van der Waals surface area contributed by atoms with Crippen LogP contribution in [0.25, 0.3) is 0 Å². The highest BCUT2D eigenvalue weighted by molar-refractivity contribution is 6.45. The summed E-state index contributed by atoms with van der Waals surface area (Å²) in [5.74, 6) is -0.469. The standard InChI is InChI=1S/C16H13NO3/c1-11(17-20)15(18)13-7-9-14(10-8-13)16(19)12-5-3-2-4-6-12/h2-10,20H,1H3/b17-11+. The van der Waals surface area contributed by atoms with Crippen LogP contribution >= 0.6 is 0 Å². The molecule has 0 aliphatic rings. The molecular formula is C16H13NO3. The van der Waals surface area contributed by atoms with Gasteiger partial charge in [-0.3, -0.25) is 9.59 Å². The SMILES string of the molecule is C/C(=N\O)C(=O)c1ccc(C(=O)c2ccccc2)cc1. The number of hydrogen-bond acceptors (Lipinski definition) is 4. The van der Waals surface area contributed by atoms with Crippen molar-refractivity contribution in [2.75, 3.05) is 0 Å². The van der Waals surface area contributed by atoms with E-state index in [4.69, 9.17) is 5.21 Å². The van der Waals surface area contributed by atoms with Crippen LogP contribution < -0.4 is 0 Å². The Balaban J connectivity index is 2.25. The van der Waals surface area contributed by atoms with Gasteiger partial charge in [0.1, 0.15) is 5.71 Å². The highest BCUT2D eigenvalue weighted by Gasteiger charge is 2.12. The fraction of sp³-hybridized carbons (Fsp3) is 0.0625. The lowest BCUT2D eigenvalue weighted by Gasteiger charge is -2.03. The molecule has 0 amide bonds. The largest absolute Gasteiger partial charge is 0.411 e. The molecule has 0 radical (unpaired) electrons. The highest BCUT2D eigenvalue weighted by atomic mass is 16.4. The molecule has 2 rings (SSSR count). The first kappa shape index (κ1) is 13.7. The Labute approximate surface area is 116 Å². The highest BCUT2D eigenvalue weighted by Crippen LogP contribution is 2.11. The monoisotopic (exact) mass is 267 g/mol. The van der Waals surface area contributed by atoms with E-state index in [1.54, 1.807) is 48.5 Å². The van der Waals surface area contributed by atoms with Crippen LogP contribution in [0.2, 0.25) is 0 Å². The van der Waals surface area contributed by atoms with Crippen LogP contribution in [0.3, 0.4) is 0 Å². The summed E-state index contributed by atoms with van der Waals surface area (Å²) in [4.78, 5) is 23.9. The van der Waals surface area contributed by atoms with E-state index < -0.39 is 0 Å². The third-order valence-corrected chi connectivity index (χ3v) is 2.92. The lowest BCUT2D eigenvalue weighted by molar-refractivity contribution is 0.103. The van der Waals surface area contributed by atoms with Gasteiger partial charge in [-0.15, -0.1) is 0 Å². The number of oxime groups is 1. The minimum atomic E-state index is -0.369. The maximum Gasteiger partial charge on any atom is 0.210 e. The molecule has 0 aliphatic heterocycles. The molecule has 2 aromatic carbocycles. The Morgan fingerprint density at radius 3 is 1.90 bits per heavy atom. The molecule has 0 aromatic heterocycles. The molecule has 0 spiro atoms. The molecule has 20 heavy (non-hydrogen) atoms. The van der Waals surface area contributed by atoms with Crippen LogP contribution in [-0.2, 0) is 0 Å². The van der Waals surface area contributed by atoms with Crippen LogP contribution in [0.1, 0.15) is 33.2 Å². The smallest absolute Gasteiger partial charge is 0.210 e. The van der Waals surface area contributed by atoms with Crippen LogP contribution in [-0.4, -0.2) is 22.5 Å². The zero-order valence-corrected chi connectivity index (χ0v) is 10.9. The number of Topliss-reactive ketones (excluding diaryl/α,β-unsaturated/α-hetero) is 1. The number of benzene rings is 2. The van der Waals surface area contributed by atoms with Gasteiger partial charge in [0.25, 0.3) is 0 Å². The molecule has 0 unspecified atom stereocenters. The Kier molecular flexibility index (Phi) is 4.05. The Morgan fingerprint density at radius 2 is 1.35 bits per heavy atom. The van der Waals surface area contributed by atoms with Crippen molar-refractivity contribution in [1.29, 1.82) is 0 Å². The summed E-state index contributed by atoms with van der Waals surface area (Å²) < 4.78 is 0. The normalized spacial score (nSPS) is 11.2. The fourth-order valence-corrected chi connectivity index (χ4v) is 1.78. The molecule has 1 N–H and O–H groups in total. The molecule has 0 bridgehead atoms. The van der Waals surface area contributed by atoms with E-state index in [0.717, 1.165) is 0 Å². The molecule has 0 aliphatic carbocycles. The van der Waals surface area contributed by atoms with E-state index >= 15 is 0 Å². The summed E-state index contributed by atoms with van der Waals surface area (Å²) in [7, 11) is 0. The second-order valence-corrected chi connectivity index (χ2v) is 4.29.